The third-order valence-electron chi connectivity index (χ3n) is 7.22. The first kappa shape index (κ1) is 30.9. The van der Waals surface area contributed by atoms with Gasteiger partial charge in [0.25, 0.3) is 0 Å². The molecule has 0 spiro atoms. The number of esters is 1. The summed E-state index contributed by atoms with van der Waals surface area (Å²) in [5.41, 5.74) is 3.94. The van der Waals surface area contributed by atoms with Crippen LogP contribution in [0.5, 0.6) is 5.75 Å². The molecule has 12 heteroatoms. The van der Waals surface area contributed by atoms with Crippen molar-refractivity contribution in [3.8, 4) is 16.9 Å². The second kappa shape index (κ2) is 12.7. The van der Waals surface area contributed by atoms with Gasteiger partial charge in [0, 0.05) is 16.6 Å². The van der Waals surface area contributed by atoms with Crippen molar-refractivity contribution < 1.29 is 27.4 Å². The minimum atomic E-state index is -3.86. The van der Waals surface area contributed by atoms with Crippen LogP contribution in [0.4, 0.5) is 15.9 Å². The van der Waals surface area contributed by atoms with E-state index in [2.05, 4.69) is 15.3 Å². The van der Waals surface area contributed by atoms with Crippen LogP contribution in [-0.2, 0) is 26.0 Å². The minimum Gasteiger partial charge on any atom is -0.487 e. The van der Waals surface area contributed by atoms with Gasteiger partial charge >= 0.3 is 16.4 Å². The summed E-state index contributed by atoms with van der Waals surface area (Å²) in [4.78, 5) is 21.7. The van der Waals surface area contributed by atoms with Crippen LogP contribution in [0.3, 0.4) is 0 Å². The van der Waals surface area contributed by atoms with E-state index in [9.17, 15) is 17.9 Å². The van der Waals surface area contributed by atoms with E-state index in [4.69, 9.17) is 21.1 Å². The molecule has 1 atom stereocenters. The first-order valence-electron chi connectivity index (χ1n) is 14.0. The van der Waals surface area contributed by atoms with E-state index in [1.54, 1.807) is 66.7 Å². The maximum atomic E-state index is 13.7. The van der Waals surface area contributed by atoms with Gasteiger partial charge in [0.1, 0.15) is 30.3 Å². The molecule has 46 heavy (non-hydrogen) atoms. The lowest BCUT2D eigenvalue weighted by Crippen LogP contribution is -2.24. The lowest BCUT2D eigenvalue weighted by molar-refractivity contribution is 0.0592. The minimum absolute atomic E-state index is 0.0809. The Hall–Kier alpha value is -5.10. The number of benzene rings is 4. The number of nitrogens with zero attached hydrogens (tertiary/aromatic N) is 3. The van der Waals surface area contributed by atoms with E-state index in [1.807, 2.05) is 13.0 Å². The molecule has 9 nitrogen and oxygen atoms in total. The highest BCUT2D eigenvalue weighted by Crippen LogP contribution is 2.34. The van der Waals surface area contributed by atoms with Crippen LogP contribution in [0.1, 0.15) is 21.6 Å². The number of aromatic nitrogens is 3. The van der Waals surface area contributed by atoms with Crippen molar-refractivity contribution in [3.63, 3.8) is 0 Å². The molecule has 0 saturated heterocycles. The molecule has 6 aromatic rings. The van der Waals surface area contributed by atoms with Gasteiger partial charge in [-0.05, 0) is 82.9 Å². The molecule has 0 aliphatic rings. The Labute approximate surface area is 270 Å². The molecule has 232 valence electrons. The summed E-state index contributed by atoms with van der Waals surface area (Å²) in [6, 6.07) is 24.8. The highest BCUT2D eigenvalue weighted by atomic mass is 35.5. The van der Waals surface area contributed by atoms with Crippen LogP contribution in [0.2, 0.25) is 5.02 Å². The number of ether oxygens (including phenoxy) is 2. The van der Waals surface area contributed by atoms with E-state index < -0.39 is 16.4 Å². The molecule has 0 amide bonds. The second-order valence-electron chi connectivity index (χ2n) is 10.4. The molecule has 2 heterocycles. The van der Waals surface area contributed by atoms with Crippen molar-refractivity contribution in [2.45, 2.75) is 18.4 Å². The van der Waals surface area contributed by atoms with Crippen molar-refractivity contribution in [2.24, 2.45) is 0 Å². The Balaban J connectivity index is 1.31. The Bertz CT molecular complexity index is 2140. The van der Waals surface area contributed by atoms with Crippen molar-refractivity contribution in [1.82, 2.24) is 13.9 Å². The third-order valence-corrected chi connectivity index (χ3v) is 9.24. The predicted octanol–water partition coefficient (Wildman–Crippen LogP) is 8.10. The molecule has 2 N–H and O–H groups in total. The number of carbonyl (C=O) groups is 1. The SMILES string of the molecule is COC(=O)c1cc(-c2ccc3ncnc(Nc4ccc(OCc5cccc(F)c5)c(Cl)c4)c3c2)cn1[S+](=O)(O)c1ccc(C)cc1. The fourth-order valence-corrected chi connectivity index (χ4v) is 6.45. The van der Waals surface area contributed by atoms with Gasteiger partial charge in [0.2, 0.25) is 4.90 Å². The van der Waals surface area contributed by atoms with Gasteiger partial charge in [-0.15, -0.1) is 3.97 Å². The van der Waals surface area contributed by atoms with Gasteiger partial charge in [-0.2, -0.15) is 4.55 Å². The normalized spacial score (nSPS) is 12.5. The van der Waals surface area contributed by atoms with Crippen LogP contribution in [0.25, 0.3) is 22.0 Å². The van der Waals surface area contributed by atoms with Gasteiger partial charge in [0.05, 0.1) is 23.8 Å². The molecule has 0 fully saturated rings. The monoisotopic (exact) mass is 657 g/mol. The quantitative estimate of drug-likeness (QED) is 0.118. The Morgan fingerprint density at radius 1 is 1.00 bits per heavy atom. The maximum Gasteiger partial charge on any atom is 0.359 e. The van der Waals surface area contributed by atoms with Crippen LogP contribution < -0.4 is 10.1 Å². The molecular formula is C34H27ClFN4O5S+. The van der Waals surface area contributed by atoms with E-state index in [-0.39, 0.29) is 23.0 Å². The summed E-state index contributed by atoms with van der Waals surface area (Å²) in [5, 5.41) is 4.26. The molecule has 2 aromatic heterocycles. The summed E-state index contributed by atoms with van der Waals surface area (Å²) < 4.78 is 50.1. The Morgan fingerprint density at radius 2 is 1.80 bits per heavy atom. The number of methoxy groups -OCH3 is 1. The molecule has 0 aliphatic heterocycles. The standard InChI is InChI=1S/C34H26ClFN4O5S/c1-21-6-10-27(11-7-21)46(42,43)40-18-24(16-31(40)34(41)44-2)23-8-12-30-28(15-23)33(38-20-37-30)39-26-9-13-32(29(35)17-26)45-19-22-4-3-5-25(36)14-22/h3-18,20H,19H2,1-2H3,(H-,37,38,39,42,43)/p+1. The molecule has 1 unspecified atom stereocenters. The van der Waals surface area contributed by atoms with Gasteiger partial charge in [-0.3, -0.25) is 0 Å². The number of halogens is 2. The smallest absolute Gasteiger partial charge is 0.359 e. The van der Waals surface area contributed by atoms with Crippen LogP contribution in [0.15, 0.2) is 108 Å². The number of hydrogen-bond donors (Lipinski definition) is 2. The number of fused-ring (bicyclic) bond motifs is 1. The first-order valence-corrected chi connectivity index (χ1v) is 15.8. The fraction of sp³-hybridized carbons (Fsp3) is 0.0882. The molecule has 0 bridgehead atoms. The maximum absolute atomic E-state index is 13.7. The van der Waals surface area contributed by atoms with Gasteiger partial charge in [-0.1, -0.05) is 47.5 Å². The second-order valence-corrected chi connectivity index (χ2v) is 12.6. The van der Waals surface area contributed by atoms with Crippen molar-refractivity contribution >= 4 is 50.4 Å². The Kier molecular flexibility index (Phi) is 8.55. The summed E-state index contributed by atoms with van der Waals surface area (Å²) in [6.45, 7) is 2.03. The zero-order valence-corrected chi connectivity index (χ0v) is 26.2. The number of rotatable bonds is 9. The van der Waals surface area contributed by atoms with E-state index in [1.165, 1.54) is 37.8 Å². The number of carbonyl (C=O) groups excluding carboxylic acids is 1. The van der Waals surface area contributed by atoms with Crippen molar-refractivity contribution in [2.75, 3.05) is 12.4 Å². The van der Waals surface area contributed by atoms with Crippen LogP contribution in [0, 0.1) is 12.7 Å². The van der Waals surface area contributed by atoms with E-state index >= 15 is 0 Å². The topological polar surface area (TPSA) is 116 Å². The van der Waals surface area contributed by atoms with Crippen molar-refractivity contribution in [3.05, 3.63) is 131 Å². The van der Waals surface area contributed by atoms with Crippen LogP contribution >= 0.6 is 11.6 Å². The number of aryl methyl sites for hydroxylation is 1. The highest BCUT2D eigenvalue weighted by Gasteiger charge is 2.37. The zero-order chi connectivity index (χ0) is 32.4. The van der Waals surface area contributed by atoms with Crippen LogP contribution in [-0.4, -0.2) is 31.6 Å². The fourth-order valence-electron chi connectivity index (χ4n) is 4.85. The molecule has 6 rings (SSSR count). The highest BCUT2D eigenvalue weighted by molar-refractivity contribution is 7.96. The molecule has 0 radical (unpaired) electrons. The number of anilines is 2. The van der Waals surface area contributed by atoms with E-state index in [0.29, 0.717) is 49.9 Å². The summed E-state index contributed by atoms with van der Waals surface area (Å²) in [5.74, 6) is -0.187. The number of hydrogen-bond acceptors (Lipinski definition) is 7. The summed E-state index contributed by atoms with van der Waals surface area (Å²) >= 11 is 6.50. The lowest BCUT2D eigenvalue weighted by atomic mass is 10.1. The van der Waals surface area contributed by atoms with E-state index in [0.717, 1.165) is 9.54 Å². The molecule has 0 saturated carbocycles. The Morgan fingerprint density at radius 3 is 2.54 bits per heavy atom. The largest absolute Gasteiger partial charge is 0.487 e. The van der Waals surface area contributed by atoms with Gasteiger partial charge in [0.15, 0.2) is 5.69 Å². The molecular weight excluding hydrogens is 631 g/mol. The average molecular weight is 658 g/mol. The predicted molar refractivity (Wildman–Crippen MR) is 175 cm³/mol. The zero-order valence-electron chi connectivity index (χ0n) is 24.6. The average Bonchev–Trinajstić information content (AvgIpc) is 3.51. The van der Waals surface area contributed by atoms with Gasteiger partial charge < -0.3 is 14.8 Å². The summed E-state index contributed by atoms with van der Waals surface area (Å²) in [6.07, 6.45) is 2.88. The molecule has 4 aromatic carbocycles. The lowest BCUT2D eigenvalue weighted by Gasteiger charge is -2.12. The third kappa shape index (κ3) is 6.34. The summed E-state index contributed by atoms with van der Waals surface area (Å²) in [7, 11) is -2.65. The number of nitrogens with one attached hydrogen (secondary N) is 1. The first-order chi connectivity index (χ1) is 22.1. The van der Waals surface area contributed by atoms with Crippen molar-refractivity contribution in [1.29, 1.82) is 0 Å². The van der Waals surface area contributed by atoms with Gasteiger partial charge in [-0.25, -0.2) is 19.2 Å². The molecule has 0 aliphatic carbocycles.